The normalized spacial score (nSPS) is 10.5. The van der Waals surface area contributed by atoms with Gasteiger partial charge < -0.3 is 9.47 Å². The van der Waals surface area contributed by atoms with Crippen LogP contribution in [-0.2, 0) is 4.79 Å². The van der Waals surface area contributed by atoms with Crippen LogP contribution in [0.5, 0.6) is 17.2 Å². The van der Waals surface area contributed by atoms with Crippen LogP contribution in [0.15, 0.2) is 60.7 Å². The number of hydrogen-bond acceptors (Lipinski definition) is 3. The Kier molecular flexibility index (Phi) is 3.79. The lowest BCUT2D eigenvalue weighted by Gasteiger charge is -2.13. The van der Waals surface area contributed by atoms with Crippen LogP contribution >= 0.6 is 0 Å². The van der Waals surface area contributed by atoms with Crippen LogP contribution in [0.1, 0.15) is 12.5 Å². The molecule has 0 unspecified atom stereocenters. The van der Waals surface area contributed by atoms with Gasteiger partial charge in [0.1, 0.15) is 5.75 Å². The molecule has 0 bridgehead atoms. The van der Waals surface area contributed by atoms with Crippen LogP contribution in [-0.4, -0.2) is 5.97 Å². The number of rotatable bonds is 3. The quantitative estimate of drug-likeness (QED) is 0.510. The third-order valence-electron chi connectivity index (χ3n) is 3.32. The fraction of sp³-hybridized carbons (Fsp3) is 0.105. The Morgan fingerprint density at radius 2 is 1.64 bits per heavy atom. The summed E-state index contributed by atoms with van der Waals surface area (Å²) in [5.74, 6) is 1.32. The van der Waals surface area contributed by atoms with Crippen molar-refractivity contribution in [3.05, 3.63) is 66.2 Å². The minimum Gasteiger partial charge on any atom is -0.453 e. The van der Waals surface area contributed by atoms with E-state index in [9.17, 15) is 4.79 Å². The van der Waals surface area contributed by atoms with E-state index in [1.165, 1.54) is 6.92 Å². The molecule has 0 atom stereocenters. The molecule has 3 heteroatoms. The maximum absolute atomic E-state index is 11.2. The Labute approximate surface area is 129 Å². The molecular weight excluding hydrogens is 276 g/mol. The molecule has 0 radical (unpaired) electrons. The lowest BCUT2D eigenvalue weighted by molar-refractivity contribution is -0.131. The highest BCUT2D eigenvalue weighted by Gasteiger charge is 2.10. The molecule has 0 fully saturated rings. The fourth-order valence-corrected chi connectivity index (χ4v) is 2.34. The lowest BCUT2D eigenvalue weighted by atomic mass is 10.1. The molecule has 0 saturated carbocycles. The van der Waals surface area contributed by atoms with Gasteiger partial charge in [-0.15, -0.1) is 0 Å². The highest BCUT2D eigenvalue weighted by Crippen LogP contribution is 2.35. The molecule has 110 valence electrons. The Bertz CT molecular complexity index is 832. The van der Waals surface area contributed by atoms with E-state index in [-0.39, 0.29) is 5.97 Å². The van der Waals surface area contributed by atoms with Crippen LogP contribution < -0.4 is 9.47 Å². The van der Waals surface area contributed by atoms with Gasteiger partial charge in [-0.25, -0.2) is 0 Å². The van der Waals surface area contributed by atoms with Gasteiger partial charge in [0.15, 0.2) is 11.5 Å². The summed E-state index contributed by atoms with van der Waals surface area (Å²) in [7, 11) is 0. The van der Waals surface area contributed by atoms with Crippen molar-refractivity contribution < 1.29 is 14.3 Å². The molecule has 0 saturated heterocycles. The van der Waals surface area contributed by atoms with E-state index in [1.807, 2.05) is 61.5 Å². The summed E-state index contributed by atoms with van der Waals surface area (Å²) in [5, 5.41) is 2.11. The smallest absolute Gasteiger partial charge is 0.308 e. The number of hydrogen-bond donors (Lipinski definition) is 0. The summed E-state index contributed by atoms with van der Waals surface area (Å²) in [4.78, 5) is 11.2. The molecule has 0 amide bonds. The molecule has 0 aliphatic rings. The SMILES string of the molecule is CC(=O)Oc1ccc(C)cc1Oc1cccc2ccccc12. The number of fused-ring (bicyclic) bond motifs is 1. The van der Waals surface area contributed by atoms with Gasteiger partial charge in [-0.1, -0.05) is 42.5 Å². The monoisotopic (exact) mass is 292 g/mol. The Morgan fingerprint density at radius 3 is 2.45 bits per heavy atom. The van der Waals surface area contributed by atoms with Gasteiger partial charge in [-0.05, 0) is 36.1 Å². The molecule has 3 rings (SSSR count). The van der Waals surface area contributed by atoms with Gasteiger partial charge in [0.05, 0.1) is 0 Å². The summed E-state index contributed by atoms with van der Waals surface area (Å²) in [5.41, 5.74) is 1.03. The minimum absolute atomic E-state index is 0.369. The van der Waals surface area contributed by atoms with Gasteiger partial charge in [0, 0.05) is 12.3 Å². The van der Waals surface area contributed by atoms with Crippen LogP contribution in [0.25, 0.3) is 10.8 Å². The molecule has 3 nitrogen and oxygen atoms in total. The third-order valence-corrected chi connectivity index (χ3v) is 3.32. The van der Waals surface area contributed by atoms with Gasteiger partial charge in [-0.3, -0.25) is 4.79 Å². The molecule has 22 heavy (non-hydrogen) atoms. The van der Waals surface area contributed by atoms with E-state index < -0.39 is 0 Å². The van der Waals surface area contributed by atoms with Crippen molar-refractivity contribution in [1.82, 2.24) is 0 Å². The number of esters is 1. The number of ether oxygens (including phenoxy) is 2. The third kappa shape index (κ3) is 2.93. The van der Waals surface area contributed by atoms with E-state index in [1.54, 1.807) is 6.07 Å². The zero-order chi connectivity index (χ0) is 15.5. The van der Waals surface area contributed by atoms with Gasteiger partial charge in [0.2, 0.25) is 0 Å². The summed E-state index contributed by atoms with van der Waals surface area (Å²) >= 11 is 0. The van der Waals surface area contributed by atoms with Crippen LogP contribution in [0.4, 0.5) is 0 Å². The highest BCUT2D eigenvalue weighted by atomic mass is 16.6. The van der Waals surface area contributed by atoms with Crippen molar-refractivity contribution in [3.63, 3.8) is 0 Å². The first kappa shape index (κ1) is 14.1. The molecule has 0 aliphatic carbocycles. The van der Waals surface area contributed by atoms with Gasteiger partial charge in [0.25, 0.3) is 0 Å². The Balaban J connectivity index is 2.04. The van der Waals surface area contributed by atoms with E-state index in [0.717, 1.165) is 22.1 Å². The summed E-state index contributed by atoms with van der Waals surface area (Å²) in [6, 6.07) is 19.4. The molecule has 0 aromatic heterocycles. The molecular formula is C19H16O3. The van der Waals surface area contributed by atoms with Crippen molar-refractivity contribution in [2.75, 3.05) is 0 Å². The first-order valence-electron chi connectivity index (χ1n) is 7.08. The molecule has 0 spiro atoms. The standard InChI is InChI=1S/C19H16O3/c1-13-10-11-18(21-14(2)20)19(12-13)22-17-9-5-7-15-6-3-4-8-16(15)17/h3-12H,1-2H3. The molecule has 3 aromatic rings. The average Bonchev–Trinajstić information content (AvgIpc) is 2.50. The molecule has 0 N–H and O–H groups in total. The largest absolute Gasteiger partial charge is 0.453 e. The number of carbonyl (C=O) groups is 1. The zero-order valence-corrected chi connectivity index (χ0v) is 12.5. The number of carbonyl (C=O) groups excluding carboxylic acids is 1. The lowest BCUT2D eigenvalue weighted by Crippen LogP contribution is -2.03. The van der Waals surface area contributed by atoms with E-state index in [4.69, 9.17) is 9.47 Å². The van der Waals surface area contributed by atoms with Crippen LogP contribution in [0.2, 0.25) is 0 Å². The van der Waals surface area contributed by atoms with Gasteiger partial charge >= 0.3 is 5.97 Å². The van der Waals surface area contributed by atoms with Crippen molar-refractivity contribution in [2.45, 2.75) is 13.8 Å². The van der Waals surface area contributed by atoms with Crippen molar-refractivity contribution >= 4 is 16.7 Å². The van der Waals surface area contributed by atoms with Crippen LogP contribution in [0.3, 0.4) is 0 Å². The fourth-order valence-electron chi connectivity index (χ4n) is 2.34. The molecule has 0 aliphatic heterocycles. The molecule has 0 heterocycles. The second-order valence-electron chi connectivity index (χ2n) is 5.12. The van der Waals surface area contributed by atoms with E-state index in [2.05, 4.69) is 0 Å². The van der Waals surface area contributed by atoms with E-state index >= 15 is 0 Å². The summed E-state index contributed by atoms with van der Waals surface area (Å²) in [6.07, 6.45) is 0. The molecule has 3 aromatic carbocycles. The maximum atomic E-state index is 11.2. The second kappa shape index (κ2) is 5.90. The van der Waals surface area contributed by atoms with Crippen molar-refractivity contribution in [1.29, 1.82) is 0 Å². The topological polar surface area (TPSA) is 35.5 Å². The average molecular weight is 292 g/mol. The zero-order valence-electron chi connectivity index (χ0n) is 12.5. The highest BCUT2D eigenvalue weighted by molar-refractivity contribution is 5.88. The predicted octanol–water partition coefficient (Wildman–Crippen LogP) is 4.87. The van der Waals surface area contributed by atoms with Crippen molar-refractivity contribution in [3.8, 4) is 17.2 Å². The number of aryl methyl sites for hydroxylation is 1. The summed E-state index contributed by atoms with van der Waals surface area (Å²) in [6.45, 7) is 3.34. The first-order chi connectivity index (χ1) is 10.6. The minimum atomic E-state index is -0.369. The predicted molar refractivity (Wildman–Crippen MR) is 86.5 cm³/mol. The Morgan fingerprint density at radius 1 is 0.864 bits per heavy atom. The first-order valence-corrected chi connectivity index (χ1v) is 7.08. The van der Waals surface area contributed by atoms with E-state index in [0.29, 0.717) is 11.5 Å². The van der Waals surface area contributed by atoms with Crippen molar-refractivity contribution in [2.24, 2.45) is 0 Å². The number of benzene rings is 3. The van der Waals surface area contributed by atoms with Crippen LogP contribution in [0, 0.1) is 6.92 Å². The van der Waals surface area contributed by atoms with Gasteiger partial charge in [-0.2, -0.15) is 0 Å². The maximum Gasteiger partial charge on any atom is 0.308 e. The Hall–Kier alpha value is -2.81. The summed E-state index contributed by atoms with van der Waals surface area (Å²) < 4.78 is 11.2. The second-order valence-corrected chi connectivity index (χ2v) is 5.12.